The van der Waals surface area contributed by atoms with Gasteiger partial charge in [-0.05, 0) is 56.0 Å². The molecule has 1 aromatic carbocycles. The summed E-state index contributed by atoms with van der Waals surface area (Å²) in [6.07, 6.45) is 5.84. The third kappa shape index (κ3) is 4.31. The standard InChI is InChI=1S/C28H29FN6O4S/c1-16-27(34(2)33-32-16)18-12-22-26(31-15-18)24-21(13-19(40(4,36)37)14-23(24)38-3)35(22)28(17-7-10-39-11-8-17)25-20(29)6-5-9-30-25/h5-6,9,12-15,17,28H,7-8,10-11H2,1-4H3. The molecule has 1 fully saturated rings. The van der Waals surface area contributed by atoms with Crippen LogP contribution in [0.15, 0.2) is 47.6 Å². The molecule has 6 rings (SSSR count). The van der Waals surface area contributed by atoms with Gasteiger partial charge in [0.2, 0.25) is 0 Å². The predicted molar refractivity (Wildman–Crippen MR) is 148 cm³/mol. The van der Waals surface area contributed by atoms with Crippen molar-refractivity contribution in [3.63, 3.8) is 0 Å². The van der Waals surface area contributed by atoms with Gasteiger partial charge in [-0.25, -0.2) is 17.5 Å². The minimum absolute atomic E-state index is 0.0337. The number of methoxy groups -OCH3 is 1. The van der Waals surface area contributed by atoms with Gasteiger partial charge in [-0.1, -0.05) is 5.21 Å². The molecule has 0 bridgehead atoms. The van der Waals surface area contributed by atoms with Crippen LogP contribution in [0.4, 0.5) is 4.39 Å². The Morgan fingerprint density at radius 3 is 2.58 bits per heavy atom. The van der Waals surface area contributed by atoms with E-state index in [-0.39, 0.29) is 16.5 Å². The second-order valence-electron chi connectivity index (χ2n) is 10.2. The van der Waals surface area contributed by atoms with Crippen molar-refractivity contribution >= 4 is 31.8 Å². The highest BCUT2D eigenvalue weighted by atomic mass is 32.2. The summed E-state index contributed by atoms with van der Waals surface area (Å²) in [5, 5.41) is 8.98. The molecule has 0 aliphatic carbocycles. The number of rotatable bonds is 6. The van der Waals surface area contributed by atoms with Gasteiger partial charge in [-0.15, -0.1) is 5.10 Å². The molecular formula is C28H29FN6O4S. The number of aromatic nitrogens is 6. The smallest absolute Gasteiger partial charge is 0.175 e. The molecule has 0 N–H and O–H groups in total. The molecule has 1 aliphatic heterocycles. The van der Waals surface area contributed by atoms with E-state index in [0.717, 1.165) is 23.2 Å². The molecule has 208 valence electrons. The van der Waals surface area contributed by atoms with Crippen LogP contribution in [-0.4, -0.2) is 64.5 Å². The molecule has 4 aromatic heterocycles. The zero-order valence-corrected chi connectivity index (χ0v) is 23.4. The van der Waals surface area contributed by atoms with Crippen LogP contribution in [0.1, 0.15) is 30.3 Å². The molecule has 1 unspecified atom stereocenters. The lowest BCUT2D eigenvalue weighted by atomic mass is 9.88. The molecule has 1 aliphatic rings. The lowest BCUT2D eigenvalue weighted by Crippen LogP contribution is -2.28. The number of hydrogen-bond acceptors (Lipinski definition) is 8. The summed E-state index contributed by atoms with van der Waals surface area (Å²) in [6, 6.07) is 7.51. The average molecular weight is 565 g/mol. The van der Waals surface area contributed by atoms with Crippen molar-refractivity contribution in [1.82, 2.24) is 29.5 Å². The third-order valence-electron chi connectivity index (χ3n) is 7.65. The maximum Gasteiger partial charge on any atom is 0.175 e. The van der Waals surface area contributed by atoms with Crippen LogP contribution in [0, 0.1) is 18.7 Å². The maximum absolute atomic E-state index is 15.5. The topological polar surface area (TPSA) is 114 Å². The highest BCUT2D eigenvalue weighted by molar-refractivity contribution is 7.90. The minimum atomic E-state index is -3.60. The normalized spacial score (nSPS) is 15.6. The second kappa shape index (κ2) is 9.93. The fourth-order valence-corrected chi connectivity index (χ4v) is 6.47. The summed E-state index contributed by atoms with van der Waals surface area (Å²) < 4.78 is 56.1. The Hall–Kier alpha value is -3.90. The van der Waals surface area contributed by atoms with Gasteiger partial charge in [0.15, 0.2) is 9.84 Å². The molecule has 10 nitrogen and oxygen atoms in total. The number of fused-ring (bicyclic) bond motifs is 3. The van der Waals surface area contributed by atoms with Gasteiger partial charge in [-0.3, -0.25) is 9.97 Å². The van der Waals surface area contributed by atoms with E-state index in [4.69, 9.17) is 14.5 Å². The first-order chi connectivity index (χ1) is 19.2. The van der Waals surface area contributed by atoms with E-state index in [9.17, 15) is 8.42 Å². The second-order valence-corrected chi connectivity index (χ2v) is 12.2. The molecular weight excluding hydrogens is 535 g/mol. The molecule has 5 heterocycles. The summed E-state index contributed by atoms with van der Waals surface area (Å²) in [5.74, 6) is -0.0999. The predicted octanol–water partition coefficient (Wildman–Crippen LogP) is 4.26. The summed E-state index contributed by atoms with van der Waals surface area (Å²) >= 11 is 0. The Morgan fingerprint density at radius 2 is 1.93 bits per heavy atom. The van der Waals surface area contributed by atoms with E-state index in [1.165, 1.54) is 19.2 Å². The number of sulfone groups is 1. The zero-order chi connectivity index (χ0) is 28.2. The average Bonchev–Trinajstić information content (AvgIpc) is 3.45. The molecule has 0 radical (unpaired) electrons. The summed E-state index contributed by atoms with van der Waals surface area (Å²) in [4.78, 5) is 9.46. The highest BCUT2D eigenvalue weighted by Gasteiger charge is 2.34. The summed E-state index contributed by atoms with van der Waals surface area (Å²) in [5.41, 5.74) is 4.45. The Morgan fingerprint density at radius 1 is 1.15 bits per heavy atom. The van der Waals surface area contributed by atoms with Gasteiger partial charge in [0, 0.05) is 44.5 Å². The molecule has 1 atom stereocenters. The van der Waals surface area contributed by atoms with Gasteiger partial charge in [0.05, 0.1) is 57.1 Å². The fourth-order valence-electron chi connectivity index (χ4n) is 5.83. The third-order valence-corrected chi connectivity index (χ3v) is 8.74. The van der Waals surface area contributed by atoms with Gasteiger partial charge in [-0.2, -0.15) is 0 Å². The van der Waals surface area contributed by atoms with Gasteiger partial charge in [0.25, 0.3) is 0 Å². The van der Waals surface area contributed by atoms with Crippen LogP contribution in [0.3, 0.4) is 0 Å². The summed E-state index contributed by atoms with van der Waals surface area (Å²) in [6.45, 7) is 2.94. The van der Waals surface area contributed by atoms with Crippen molar-refractivity contribution < 1.29 is 22.3 Å². The Bertz CT molecular complexity index is 1840. The zero-order valence-electron chi connectivity index (χ0n) is 22.6. The lowest BCUT2D eigenvalue weighted by molar-refractivity contribution is 0.0543. The lowest BCUT2D eigenvalue weighted by Gasteiger charge is -2.32. The van der Waals surface area contributed by atoms with E-state index < -0.39 is 21.7 Å². The van der Waals surface area contributed by atoms with Crippen LogP contribution in [0.25, 0.3) is 33.2 Å². The molecule has 0 spiro atoms. The van der Waals surface area contributed by atoms with Gasteiger partial charge in [0.1, 0.15) is 11.6 Å². The molecule has 12 heteroatoms. The minimum Gasteiger partial charge on any atom is -0.496 e. The van der Waals surface area contributed by atoms with Crippen molar-refractivity contribution in [2.75, 3.05) is 26.6 Å². The molecule has 5 aromatic rings. The van der Waals surface area contributed by atoms with Crippen LogP contribution < -0.4 is 4.74 Å². The Labute approximate surface area is 230 Å². The van der Waals surface area contributed by atoms with E-state index in [0.29, 0.717) is 53.7 Å². The highest BCUT2D eigenvalue weighted by Crippen LogP contribution is 2.44. The number of ether oxygens (including phenoxy) is 2. The number of benzene rings is 1. The van der Waals surface area contributed by atoms with Crippen LogP contribution in [0.2, 0.25) is 0 Å². The first kappa shape index (κ1) is 26.3. The SMILES string of the molecule is COc1cc(S(C)(=O)=O)cc2c1c1ncc(-c3c(C)nnn3C)cc1n2C(c1ncccc1F)C1CCOCC1. The molecule has 40 heavy (non-hydrogen) atoms. The Kier molecular flexibility index (Phi) is 6.54. The molecule has 0 saturated carbocycles. The van der Waals surface area contributed by atoms with E-state index in [1.54, 1.807) is 29.2 Å². The number of nitrogens with zero attached hydrogens (tertiary/aromatic N) is 6. The first-order valence-electron chi connectivity index (χ1n) is 13.0. The molecule has 1 saturated heterocycles. The first-order valence-corrected chi connectivity index (χ1v) is 14.8. The van der Waals surface area contributed by atoms with Crippen molar-refractivity contribution in [3.8, 4) is 17.0 Å². The van der Waals surface area contributed by atoms with E-state index >= 15 is 4.39 Å². The Balaban J connectivity index is 1.77. The van der Waals surface area contributed by atoms with Crippen LogP contribution in [-0.2, 0) is 21.6 Å². The number of halogens is 1. The van der Waals surface area contributed by atoms with E-state index in [1.807, 2.05) is 24.6 Å². The quantitative estimate of drug-likeness (QED) is 0.301. The van der Waals surface area contributed by atoms with E-state index in [2.05, 4.69) is 15.3 Å². The van der Waals surface area contributed by atoms with Crippen molar-refractivity contribution in [1.29, 1.82) is 0 Å². The van der Waals surface area contributed by atoms with Gasteiger partial charge >= 0.3 is 0 Å². The fraction of sp³-hybridized carbons (Fsp3) is 0.357. The van der Waals surface area contributed by atoms with Crippen molar-refractivity contribution in [2.45, 2.75) is 30.7 Å². The number of aryl methyl sites for hydroxylation is 2. The summed E-state index contributed by atoms with van der Waals surface area (Å²) in [7, 11) is -0.295. The van der Waals surface area contributed by atoms with Crippen LogP contribution >= 0.6 is 0 Å². The van der Waals surface area contributed by atoms with Crippen molar-refractivity contribution in [3.05, 3.63) is 59.9 Å². The number of hydrogen-bond donors (Lipinski definition) is 0. The monoisotopic (exact) mass is 564 g/mol. The maximum atomic E-state index is 15.5. The van der Waals surface area contributed by atoms with Gasteiger partial charge < -0.3 is 14.0 Å². The van der Waals surface area contributed by atoms with Crippen LogP contribution in [0.5, 0.6) is 5.75 Å². The largest absolute Gasteiger partial charge is 0.496 e. The molecule has 0 amide bonds. The number of pyridine rings is 2. The van der Waals surface area contributed by atoms with Crippen molar-refractivity contribution in [2.24, 2.45) is 13.0 Å².